The number of carbonyl (C=O) groups is 2. The summed E-state index contributed by atoms with van der Waals surface area (Å²) < 4.78 is 4.49. The minimum absolute atomic E-state index is 0.00850. The third kappa shape index (κ3) is 4.02. The summed E-state index contributed by atoms with van der Waals surface area (Å²) in [6.45, 7) is 0.494. The topological polar surface area (TPSA) is 81.4 Å². The fourth-order valence-electron chi connectivity index (χ4n) is 1.60. The SMILES string of the molecule is COC(=O)CCCNC(=O)C1C=CC(N)C1. The van der Waals surface area contributed by atoms with Gasteiger partial charge in [-0.05, 0) is 12.8 Å². The van der Waals surface area contributed by atoms with E-state index < -0.39 is 0 Å². The fourth-order valence-corrected chi connectivity index (χ4v) is 1.60. The van der Waals surface area contributed by atoms with Crippen molar-refractivity contribution in [2.75, 3.05) is 13.7 Å². The van der Waals surface area contributed by atoms with Crippen molar-refractivity contribution in [1.82, 2.24) is 5.32 Å². The molecule has 2 atom stereocenters. The smallest absolute Gasteiger partial charge is 0.305 e. The van der Waals surface area contributed by atoms with E-state index in [1.54, 1.807) is 0 Å². The van der Waals surface area contributed by atoms with Crippen molar-refractivity contribution in [3.05, 3.63) is 12.2 Å². The molecule has 16 heavy (non-hydrogen) atoms. The maximum absolute atomic E-state index is 11.6. The summed E-state index contributed by atoms with van der Waals surface area (Å²) in [7, 11) is 1.35. The van der Waals surface area contributed by atoms with Crippen LogP contribution in [-0.4, -0.2) is 31.6 Å². The summed E-state index contributed by atoms with van der Waals surface area (Å²) in [6.07, 6.45) is 5.28. The number of nitrogens with two attached hydrogens (primary N) is 1. The minimum Gasteiger partial charge on any atom is -0.469 e. The Labute approximate surface area is 95.0 Å². The average Bonchev–Trinajstić information content (AvgIpc) is 2.70. The van der Waals surface area contributed by atoms with Gasteiger partial charge in [0.25, 0.3) is 0 Å². The maximum atomic E-state index is 11.6. The van der Waals surface area contributed by atoms with Crippen LogP contribution in [0.4, 0.5) is 0 Å². The number of carbonyl (C=O) groups excluding carboxylic acids is 2. The van der Waals surface area contributed by atoms with Crippen LogP contribution in [0, 0.1) is 5.92 Å². The highest BCUT2D eigenvalue weighted by atomic mass is 16.5. The van der Waals surface area contributed by atoms with Crippen LogP contribution in [0.5, 0.6) is 0 Å². The number of rotatable bonds is 5. The normalized spacial score (nSPS) is 23.1. The molecule has 2 unspecified atom stereocenters. The Bertz CT molecular complexity index is 289. The average molecular weight is 226 g/mol. The molecule has 0 fully saturated rings. The molecule has 5 nitrogen and oxygen atoms in total. The van der Waals surface area contributed by atoms with Gasteiger partial charge in [0.2, 0.25) is 5.91 Å². The second-order valence-electron chi connectivity index (χ2n) is 3.86. The van der Waals surface area contributed by atoms with Gasteiger partial charge < -0.3 is 15.8 Å². The molecule has 1 amide bonds. The summed E-state index contributed by atoms with van der Waals surface area (Å²) >= 11 is 0. The van der Waals surface area contributed by atoms with E-state index >= 15 is 0 Å². The van der Waals surface area contributed by atoms with Gasteiger partial charge in [0.05, 0.1) is 13.0 Å². The second kappa shape index (κ2) is 6.27. The largest absolute Gasteiger partial charge is 0.469 e. The predicted octanol–water partition coefficient (Wildman–Crippen LogP) is -0.0408. The zero-order valence-corrected chi connectivity index (χ0v) is 9.44. The lowest BCUT2D eigenvalue weighted by molar-refractivity contribution is -0.140. The molecule has 90 valence electrons. The van der Waals surface area contributed by atoms with E-state index in [0.29, 0.717) is 25.8 Å². The number of amides is 1. The fraction of sp³-hybridized carbons (Fsp3) is 0.636. The van der Waals surface area contributed by atoms with E-state index in [-0.39, 0.29) is 23.8 Å². The summed E-state index contributed by atoms with van der Waals surface area (Å²) in [5.41, 5.74) is 5.65. The van der Waals surface area contributed by atoms with Crippen LogP contribution in [0.25, 0.3) is 0 Å². The van der Waals surface area contributed by atoms with Gasteiger partial charge in [-0.1, -0.05) is 12.2 Å². The first-order valence-electron chi connectivity index (χ1n) is 5.42. The standard InChI is InChI=1S/C11H18N2O3/c1-16-10(14)3-2-6-13-11(15)8-4-5-9(12)7-8/h4-5,8-9H,2-3,6-7,12H2,1H3,(H,13,15). The summed E-state index contributed by atoms with van der Waals surface area (Å²) in [4.78, 5) is 22.4. The first-order chi connectivity index (χ1) is 7.63. The Kier molecular flexibility index (Phi) is 4.98. The quantitative estimate of drug-likeness (QED) is 0.391. The van der Waals surface area contributed by atoms with E-state index in [2.05, 4.69) is 10.1 Å². The molecule has 0 aromatic rings. The molecule has 0 heterocycles. The highest BCUT2D eigenvalue weighted by Gasteiger charge is 2.21. The molecule has 1 rings (SSSR count). The zero-order valence-electron chi connectivity index (χ0n) is 9.44. The van der Waals surface area contributed by atoms with Crippen molar-refractivity contribution < 1.29 is 14.3 Å². The van der Waals surface area contributed by atoms with E-state index in [1.165, 1.54) is 7.11 Å². The van der Waals surface area contributed by atoms with E-state index in [0.717, 1.165) is 0 Å². The number of hydrogen-bond donors (Lipinski definition) is 2. The van der Waals surface area contributed by atoms with E-state index in [9.17, 15) is 9.59 Å². The van der Waals surface area contributed by atoms with E-state index in [4.69, 9.17) is 5.73 Å². The number of ether oxygens (including phenoxy) is 1. The molecule has 0 radical (unpaired) electrons. The lowest BCUT2D eigenvalue weighted by atomic mass is 10.1. The lowest BCUT2D eigenvalue weighted by Crippen LogP contribution is -2.31. The molecule has 3 N–H and O–H groups in total. The van der Waals surface area contributed by atoms with Gasteiger partial charge >= 0.3 is 5.97 Å². The van der Waals surface area contributed by atoms with Crippen molar-refractivity contribution in [3.8, 4) is 0 Å². The highest BCUT2D eigenvalue weighted by molar-refractivity contribution is 5.81. The third-order valence-corrected chi connectivity index (χ3v) is 2.54. The zero-order chi connectivity index (χ0) is 12.0. The number of hydrogen-bond acceptors (Lipinski definition) is 4. The molecule has 1 aliphatic rings. The predicted molar refractivity (Wildman–Crippen MR) is 59.5 cm³/mol. The molecule has 0 aliphatic heterocycles. The van der Waals surface area contributed by atoms with Crippen LogP contribution in [0.15, 0.2) is 12.2 Å². The molecule has 5 heteroatoms. The lowest BCUT2D eigenvalue weighted by Gasteiger charge is -2.09. The maximum Gasteiger partial charge on any atom is 0.305 e. The number of methoxy groups -OCH3 is 1. The van der Waals surface area contributed by atoms with Gasteiger partial charge in [0.15, 0.2) is 0 Å². The van der Waals surface area contributed by atoms with Crippen molar-refractivity contribution in [2.24, 2.45) is 11.7 Å². The monoisotopic (exact) mass is 226 g/mol. The van der Waals surface area contributed by atoms with Crippen LogP contribution in [0.1, 0.15) is 19.3 Å². The van der Waals surface area contributed by atoms with Crippen LogP contribution in [0.3, 0.4) is 0 Å². The van der Waals surface area contributed by atoms with Crippen molar-refractivity contribution in [2.45, 2.75) is 25.3 Å². The molecule has 0 saturated heterocycles. The van der Waals surface area contributed by atoms with Crippen LogP contribution in [-0.2, 0) is 14.3 Å². The first-order valence-corrected chi connectivity index (χ1v) is 5.42. The van der Waals surface area contributed by atoms with Crippen molar-refractivity contribution in [1.29, 1.82) is 0 Å². The summed E-state index contributed by atoms with van der Waals surface area (Å²) in [5.74, 6) is -0.390. The van der Waals surface area contributed by atoms with Gasteiger partial charge in [-0.25, -0.2) is 0 Å². The highest BCUT2D eigenvalue weighted by Crippen LogP contribution is 2.16. The Hall–Kier alpha value is -1.36. The third-order valence-electron chi connectivity index (χ3n) is 2.54. The Morgan fingerprint density at radius 2 is 2.25 bits per heavy atom. The van der Waals surface area contributed by atoms with Crippen LogP contribution in [0.2, 0.25) is 0 Å². The molecule has 0 aromatic heterocycles. The molecule has 0 spiro atoms. The molecule has 0 aromatic carbocycles. The molecular formula is C11H18N2O3. The van der Waals surface area contributed by atoms with Gasteiger partial charge in [0.1, 0.15) is 0 Å². The Morgan fingerprint density at radius 1 is 1.50 bits per heavy atom. The molecule has 0 bridgehead atoms. The molecular weight excluding hydrogens is 208 g/mol. The van der Waals surface area contributed by atoms with Gasteiger partial charge in [-0.3, -0.25) is 9.59 Å². The number of nitrogens with one attached hydrogen (secondary N) is 1. The van der Waals surface area contributed by atoms with Gasteiger partial charge in [-0.15, -0.1) is 0 Å². The Balaban J connectivity index is 2.11. The van der Waals surface area contributed by atoms with Crippen LogP contribution >= 0.6 is 0 Å². The second-order valence-corrected chi connectivity index (χ2v) is 3.86. The number of esters is 1. The molecule has 0 saturated carbocycles. The van der Waals surface area contributed by atoms with Crippen LogP contribution < -0.4 is 11.1 Å². The van der Waals surface area contributed by atoms with Crippen molar-refractivity contribution in [3.63, 3.8) is 0 Å². The molecule has 1 aliphatic carbocycles. The minimum atomic E-state index is -0.253. The van der Waals surface area contributed by atoms with Crippen molar-refractivity contribution >= 4 is 11.9 Å². The van der Waals surface area contributed by atoms with E-state index in [1.807, 2.05) is 12.2 Å². The summed E-state index contributed by atoms with van der Waals surface area (Å²) in [5, 5.41) is 2.77. The first kappa shape index (κ1) is 12.7. The Morgan fingerprint density at radius 3 is 2.81 bits per heavy atom. The van der Waals surface area contributed by atoms with Gasteiger partial charge in [0, 0.05) is 19.0 Å². The van der Waals surface area contributed by atoms with Gasteiger partial charge in [-0.2, -0.15) is 0 Å². The summed E-state index contributed by atoms with van der Waals surface area (Å²) in [6, 6.07) is -0.00850.